The van der Waals surface area contributed by atoms with Crippen LogP contribution in [-0.2, 0) is 0 Å². The second kappa shape index (κ2) is 3.13. The van der Waals surface area contributed by atoms with Crippen molar-refractivity contribution < 1.29 is 0 Å². The molecule has 0 saturated heterocycles. The van der Waals surface area contributed by atoms with E-state index in [0.29, 0.717) is 0 Å². The molecule has 66 valence electrons. The van der Waals surface area contributed by atoms with Crippen molar-refractivity contribution in [1.29, 1.82) is 0 Å². The van der Waals surface area contributed by atoms with Crippen LogP contribution in [0.3, 0.4) is 0 Å². The zero-order valence-corrected chi connectivity index (χ0v) is 9.36. The molecular formula is C9H12BrNS. The third-order valence-corrected chi connectivity index (χ3v) is 4.39. The maximum absolute atomic E-state index is 6.11. The Balaban J connectivity index is 2.14. The molecule has 12 heavy (non-hydrogen) atoms. The zero-order valence-electron chi connectivity index (χ0n) is 6.96. The van der Waals surface area contributed by atoms with Crippen LogP contribution in [0.15, 0.2) is 15.2 Å². The van der Waals surface area contributed by atoms with Gasteiger partial charge in [0.05, 0.1) is 0 Å². The maximum atomic E-state index is 6.11. The Morgan fingerprint density at radius 1 is 1.67 bits per heavy atom. The van der Waals surface area contributed by atoms with Gasteiger partial charge in [-0.05, 0) is 45.1 Å². The molecule has 0 amide bonds. The largest absolute Gasteiger partial charge is 0.324 e. The lowest BCUT2D eigenvalue weighted by atomic mass is 10.1. The molecule has 1 saturated carbocycles. The Bertz CT molecular complexity index is 284. The van der Waals surface area contributed by atoms with Crippen LogP contribution in [0.25, 0.3) is 0 Å². The topological polar surface area (TPSA) is 26.0 Å². The Kier molecular flexibility index (Phi) is 2.27. The Morgan fingerprint density at radius 2 is 2.33 bits per heavy atom. The van der Waals surface area contributed by atoms with Crippen LogP contribution in [0.1, 0.15) is 24.9 Å². The molecule has 0 aromatic carbocycles. The minimum atomic E-state index is 0.251. The Morgan fingerprint density at radius 3 is 2.75 bits per heavy atom. The lowest BCUT2D eigenvalue weighted by Gasteiger charge is -2.09. The minimum Gasteiger partial charge on any atom is -0.324 e. The molecule has 3 heteroatoms. The van der Waals surface area contributed by atoms with E-state index in [1.165, 1.54) is 16.5 Å². The van der Waals surface area contributed by atoms with E-state index in [9.17, 15) is 0 Å². The molecule has 2 N–H and O–H groups in total. The molecule has 0 aliphatic heterocycles. The SMILES string of the molecule is CC1CC1C(N)c1cscc1Br. The average Bonchev–Trinajstić information content (AvgIpc) is 2.59. The van der Waals surface area contributed by atoms with Crippen molar-refractivity contribution in [1.82, 2.24) is 0 Å². The summed E-state index contributed by atoms with van der Waals surface area (Å²) >= 11 is 5.23. The highest BCUT2D eigenvalue weighted by atomic mass is 79.9. The number of halogens is 1. The van der Waals surface area contributed by atoms with E-state index in [2.05, 4.69) is 33.6 Å². The monoisotopic (exact) mass is 245 g/mol. The summed E-state index contributed by atoms with van der Waals surface area (Å²) in [6.07, 6.45) is 1.30. The lowest BCUT2D eigenvalue weighted by Crippen LogP contribution is -2.12. The molecule has 1 aromatic heterocycles. The Labute approximate surface area is 85.1 Å². The van der Waals surface area contributed by atoms with Gasteiger partial charge in [-0.2, -0.15) is 11.3 Å². The summed E-state index contributed by atoms with van der Waals surface area (Å²) in [6.45, 7) is 2.27. The van der Waals surface area contributed by atoms with Gasteiger partial charge in [0.2, 0.25) is 0 Å². The van der Waals surface area contributed by atoms with Gasteiger partial charge in [0.15, 0.2) is 0 Å². The molecule has 3 atom stereocenters. The first-order chi connectivity index (χ1) is 5.70. The van der Waals surface area contributed by atoms with Crippen LogP contribution in [0.5, 0.6) is 0 Å². The normalized spacial score (nSPS) is 30.2. The molecule has 1 heterocycles. The molecule has 1 aromatic rings. The molecule has 0 spiro atoms. The van der Waals surface area contributed by atoms with Crippen molar-refractivity contribution in [3.8, 4) is 0 Å². The van der Waals surface area contributed by atoms with Crippen molar-refractivity contribution in [2.45, 2.75) is 19.4 Å². The lowest BCUT2D eigenvalue weighted by molar-refractivity contribution is 0.593. The molecule has 0 radical (unpaired) electrons. The number of rotatable bonds is 2. The van der Waals surface area contributed by atoms with Crippen LogP contribution < -0.4 is 5.73 Å². The highest BCUT2D eigenvalue weighted by molar-refractivity contribution is 9.10. The summed E-state index contributed by atoms with van der Waals surface area (Å²) in [5, 5.41) is 4.25. The molecule has 3 unspecified atom stereocenters. The quantitative estimate of drug-likeness (QED) is 0.852. The van der Waals surface area contributed by atoms with Gasteiger partial charge in [-0.15, -0.1) is 0 Å². The van der Waals surface area contributed by atoms with Crippen LogP contribution in [-0.4, -0.2) is 0 Å². The second-order valence-electron chi connectivity index (χ2n) is 3.58. The van der Waals surface area contributed by atoms with Crippen molar-refractivity contribution in [2.24, 2.45) is 17.6 Å². The van der Waals surface area contributed by atoms with Gasteiger partial charge in [0.1, 0.15) is 0 Å². The predicted molar refractivity (Wildman–Crippen MR) is 56.2 cm³/mol. The molecule has 1 aliphatic carbocycles. The van der Waals surface area contributed by atoms with Gasteiger partial charge in [0.25, 0.3) is 0 Å². The van der Waals surface area contributed by atoms with Crippen LogP contribution in [0.2, 0.25) is 0 Å². The summed E-state index contributed by atoms with van der Waals surface area (Å²) < 4.78 is 1.18. The van der Waals surface area contributed by atoms with Crippen molar-refractivity contribution >= 4 is 27.3 Å². The first-order valence-corrected chi connectivity index (χ1v) is 5.91. The first kappa shape index (κ1) is 8.73. The van der Waals surface area contributed by atoms with E-state index in [-0.39, 0.29) is 6.04 Å². The van der Waals surface area contributed by atoms with E-state index in [0.717, 1.165) is 11.8 Å². The molecule has 2 rings (SSSR count). The van der Waals surface area contributed by atoms with Gasteiger partial charge in [0, 0.05) is 15.9 Å². The number of nitrogens with two attached hydrogens (primary N) is 1. The van der Waals surface area contributed by atoms with Gasteiger partial charge in [-0.3, -0.25) is 0 Å². The fourth-order valence-electron chi connectivity index (χ4n) is 1.61. The smallest absolute Gasteiger partial charge is 0.0345 e. The summed E-state index contributed by atoms with van der Waals surface area (Å²) in [5.74, 6) is 1.54. The van der Waals surface area contributed by atoms with Gasteiger partial charge < -0.3 is 5.73 Å². The third kappa shape index (κ3) is 1.45. The first-order valence-electron chi connectivity index (χ1n) is 4.17. The summed E-state index contributed by atoms with van der Waals surface area (Å²) in [4.78, 5) is 0. The summed E-state index contributed by atoms with van der Waals surface area (Å²) in [7, 11) is 0. The third-order valence-electron chi connectivity index (χ3n) is 2.63. The predicted octanol–water partition coefficient (Wildman–Crippen LogP) is 3.17. The molecule has 1 fully saturated rings. The van der Waals surface area contributed by atoms with E-state index < -0.39 is 0 Å². The van der Waals surface area contributed by atoms with Crippen LogP contribution >= 0.6 is 27.3 Å². The highest BCUT2D eigenvalue weighted by Crippen LogP contribution is 2.47. The van der Waals surface area contributed by atoms with E-state index in [4.69, 9.17) is 5.73 Å². The van der Waals surface area contributed by atoms with Crippen LogP contribution in [0, 0.1) is 11.8 Å². The minimum absolute atomic E-state index is 0.251. The Hall–Kier alpha value is 0.140. The number of hydrogen-bond acceptors (Lipinski definition) is 2. The summed E-state index contributed by atoms with van der Waals surface area (Å²) in [6, 6.07) is 0.251. The van der Waals surface area contributed by atoms with Crippen molar-refractivity contribution in [3.63, 3.8) is 0 Å². The van der Waals surface area contributed by atoms with Crippen molar-refractivity contribution in [2.75, 3.05) is 0 Å². The molecule has 0 bridgehead atoms. The number of thiophene rings is 1. The van der Waals surface area contributed by atoms with E-state index in [1.54, 1.807) is 11.3 Å². The number of hydrogen-bond donors (Lipinski definition) is 1. The van der Waals surface area contributed by atoms with Gasteiger partial charge >= 0.3 is 0 Å². The van der Waals surface area contributed by atoms with Gasteiger partial charge in [-0.25, -0.2) is 0 Å². The summed E-state index contributed by atoms with van der Waals surface area (Å²) in [5.41, 5.74) is 7.40. The van der Waals surface area contributed by atoms with Crippen LogP contribution in [0.4, 0.5) is 0 Å². The molecular weight excluding hydrogens is 234 g/mol. The maximum Gasteiger partial charge on any atom is 0.0345 e. The second-order valence-corrected chi connectivity index (χ2v) is 5.18. The van der Waals surface area contributed by atoms with Gasteiger partial charge in [-0.1, -0.05) is 6.92 Å². The zero-order chi connectivity index (χ0) is 8.72. The fraction of sp³-hybridized carbons (Fsp3) is 0.556. The van der Waals surface area contributed by atoms with E-state index in [1.807, 2.05) is 0 Å². The highest BCUT2D eigenvalue weighted by Gasteiger charge is 2.38. The molecule has 1 aliphatic rings. The standard InChI is InChI=1S/C9H12BrNS/c1-5-2-6(5)9(11)7-3-12-4-8(7)10/h3-6,9H,2,11H2,1H3. The fourth-order valence-corrected chi connectivity index (χ4v) is 3.22. The average molecular weight is 246 g/mol. The molecule has 1 nitrogen and oxygen atoms in total. The van der Waals surface area contributed by atoms with Crippen molar-refractivity contribution in [3.05, 3.63) is 20.8 Å². The van der Waals surface area contributed by atoms with E-state index >= 15 is 0 Å².